The lowest BCUT2D eigenvalue weighted by Crippen LogP contribution is -2.38. The fourth-order valence-corrected chi connectivity index (χ4v) is 2.77. The number of amides is 1. The minimum absolute atomic E-state index is 0.319. The van der Waals surface area contributed by atoms with Gasteiger partial charge in [0.1, 0.15) is 0 Å². The summed E-state index contributed by atoms with van der Waals surface area (Å²) < 4.78 is 4.86. The predicted octanol–water partition coefficient (Wildman–Crippen LogP) is 2.44. The Kier molecular flexibility index (Phi) is 3.70. The van der Waals surface area contributed by atoms with Crippen molar-refractivity contribution in [3.05, 3.63) is 65.2 Å². The van der Waals surface area contributed by atoms with E-state index in [0.29, 0.717) is 16.8 Å². The van der Waals surface area contributed by atoms with Gasteiger partial charge in [-0.15, -0.1) is 0 Å². The number of ketones is 1. The van der Waals surface area contributed by atoms with Gasteiger partial charge in [0.2, 0.25) is 0 Å². The maximum absolute atomic E-state index is 12.5. The van der Waals surface area contributed by atoms with E-state index in [9.17, 15) is 14.4 Å². The van der Waals surface area contributed by atoms with Crippen molar-refractivity contribution in [2.75, 3.05) is 12.0 Å². The van der Waals surface area contributed by atoms with E-state index in [2.05, 4.69) is 0 Å². The number of fused-ring (bicyclic) bond motifs is 1. The standard InChI is InChI=1S/C18H15NO4/c1-11-8-9-14-13(10-11)16(20)17(21)19(14)15(18(22)23-2)12-6-4-3-5-7-12/h3-10,15H,1-2H3. The molecule has 1 aliphatic heterocycles. The monoisotopic (exact) mass is 309 g/mol. The topological polar surface area (TPSA) is 63.7 Å². The van der Waals surface area contributed by atoms with E-state index < -0.39 is 23.7 Å². The van der Waals surface area contributed by atoms with Crippen molar-refractivity contribution < 1.29 is 19.1 Å². The van der Waals surface area contributed by atoms with Gasteiger partial charge in [-0.05, 0) is 24.6 Å². The van der Waals surface area contributed by atoms with Crippen molar-refractivity contribution in [2.24, 2.45) is 0 Å². The summed E-state index contributed by atoms with van der Waals surface area (Å²) in [5.41, 5.74) is 2.22. The lowest BCUT2D eigenvalue weighted by atomic mass is 10.0. The quantitative estimate of drug-likeness (QED) is 0.645. The van der Waals surface area contributed by atoms with Gasteiger partial charge < -0.3 is 4.74 Å². The zero-order valence-electron chi connectivity index (χ0n) is 12.8. The number of hydrogen-bond donors (Lipinski definition) is 0. The van der Waals surface area contributed by atoms with Crippen LogP contribution >= 0.6 is 0 Å². The number of esters is 1. The molecule has 1 heterocycles. The molecule has 1 amide bonds. The summed E-state index contributed by atoms with van der Waals surface area (Å²) in [6, 6.07) is 13.0. The molecule has 1 unspecified atom stereocenters. The zero-order chi connectivity index (χ0) is 16.6. The molecular weight excluding hydrogens is 294 g/mol. The summed E-state index contributed by atoms with van der Waals surface area (Å²) in [5.74, 6) is -1.91. The van der Waals surface area contributed by atoms with Crippen molar-refractivity contribution >= 4 is 23.3 Å². The summed E-state index contributed by atoms with van der Waals surface area (Å²) in [6.45, 7) is 1.84. The molecule has 0 radical (unpaired) electrons. The number of carbonyl (C=O) groups excluding carboxylic acids is 3. The molecule has 3 rings (SSSR count). The first-order valence-electron chi connectivity index (χ1n) is 7.16. The van der Waals surface area contributed by atoms with Gasteiger partial charge in [0.05, 0.1) is 18.4 Å². The van der Waals surface area contributed by atoms with E-state index in [0.717, 1.165) is 5.56 Å². The number of carbonyl (C=O) groups is 3. The SMILES string of the molecule is COC(=O)C(c1ccccc1)N1C(=O)C(=O)c2cc(C)ccc21. The second-order valence-corrected chi connectivity index (χ2v) is 5.36. The molecule has 5 heteroatoms. The van der Waals surface area contributed by atoms with Gasteiger partial charge in [0.15, 0.2) is 6.04 Å². The highest BCUT2D eigenvalue weighted by atomic mass is 16.5. The number of hydrogen-bond acceptors (Lipinski definition) is 4. The highest BCUT2D eigenvalue weighted by Gasteiger charge is 2.43. The zero-order valence-corrected chi connectivity index (χ0v) is 12.8. The van der Waals surface area contributed by atoms with Crippen LogP contribution in [0.1, 0.15) is 27.5 Å². The van der Waals surface area contributed by atoms with Crippen molar-refractivity contribution in [2.45, 2.75) is 13.0 Å². The minimum Gasteiger partial charge on any atom is -0.467 e. The van der Waals surface area contributed by atoms with Crippen molar-refractivity contribution in [1.82, 2.24) is 0 Å². The molecule has 116 valence electrons. The molecule has 1 atom stereocenters. The number of nitrogens with zero attached hydrogens (tertiary/aromatic N) is 1. The van der Waals surface area contributed by atoms with Crippen LogP contribution in [0, 0.1) is 6.92 Å². The molecule has 0 spiro atoms. The maximum Gasteiger partial charge on any atom is 0.333 e. The summed E-state index contributed by atoms with van der Waals surface area (Å²) in [7, 11) is 1.26. The Morgan fingerprint density at radius 1 is 1.09 bits per heavy atom. The summed E-state index contributed by atoms with van der Waals surface area (Å²) in [5, 5.41) is 0. The van der Waals surface area contributed by atoms with Crippen LogP contribution in [0.5, 0.6) is 0 Å². The molecule has 2 aromatic carbocycles. The Hall–Kier alpha value is -2.95. The summed E-state index contributed by atoms with van der Waals surface area (Å²) >= 11 is 0. The van der Waals surface area contributed by atoms with Gasteiger partial charge in [-0.1, -0.05) is 42.0 Å². The molecule has 5 nitrogen and oxygen atoms in total. The second kappa shape index (κ2) is 5.68. The van der Waals surface area contributed by atoms with Crippen LogP contribution in [0.3, 0.4) is 0 Å². The van der Waals surface area contributed by atoms with Gasteiger partial charge in [-0.2, -0.15) is 0 Å². The number of methoxy groups -OCH3 is 1. The Morgan fingerprint density at radius 3 is 2.43 bits per heavy atom. The van der Waals surface area contributed by atoms with E-state index in [-0.39, 0.29) is 0 Å². The average Bonchev–Trinajstić information content (AvgIpc) is 2.81. The smallest absolute Gasteiger partial charge is 0.333 e. The largest absolute Gasteiger partial charge is 0.467 e. The van der Waals surface area contributed by atoms with E-state index in [1.165, 1.54) is 12.0 Å². The van der Waals surface area contributed by atoms with Crippen LogP contribution in [0.25, 0.3) is 0 Å². The molecule has 23 heavy (non-hydrogen) atoms. The first-order chi connectivity index (χ1) is 11.0. The third kappa shape index (κ3) is 2.40. The number of rotatable bonds is 3. The number of benzene rings is 2. The molecule has 1 aliphatic rings. The van der Waals surface area contributed by atoms with Gasteiger partial charge >= 0.3 is 11.9 Å². The highest BCUT2D eigenvalue weighted by molar-refractivity contribution is 6.52. The van der Waals surface area contributed by atoms with Gasteiger partial charge in [0, 0.05) is 0 Å². The molecule has 0 bridgehead atoms. The molecule has 0 saturated carbocycles. The molecule has 0 saturated heterocycles. The summed E-state index contributed by atoms with van der Waals surface area (Å²) in [6.07, 6.45) is 0. The van der Waals surface area contributed by atoms with E-state index >= 15 is 0 Å². The normalized spacial score (nSPS) is 14.6. The van der Waals surface area contributed by atoms with Crippen LogP contribution in [0.2, 0.25) is 0 Å². The van der Waals surface area contributed by atoms with Crippen LogP contribution in [0.4, 0.5) is 5.69 Å². The number of ether oxygens (including phenoxy) is 1. The van der Waals surface area contributed by atoms with Crippen molar-refractivity contribution in [1.29, 1.82) is 0 Å². The van der Waals surface area contributed by atoms with Crippen LogP contribution in [-0.2, 0) is 14.3 Å². The van der Waals surface area contributed by atoms with Gasteiger partial charge in [-0.3, -0.25) is 14.5 Å². The van der Waals surface area contributed by atoms with Gasteiger partial charge in [0.25, 0.3) is 5.78 Å². The first-order valence-corrected chi connectivity index (χ1v) is 7.16. The highest BCUT2D eigenvalue weighted by Crippen LogP contribution is 2.37. The number of Topliss-reactive ketones (excluding diaryl/α,β-unsaturated/α-hetero) is 1. The van der Waals surface area contributed by atoms with Gasteiger partial charge in [-0.25, -0.2) is 4.79 Å². The first kappa shape index (κ1) is 15.0. The fraction of sp³-hybridized carbons (Fsp3) is 0.167. The molecule has 2 aromatic rings. The number of aryl methyl sites for hydroxylation is 1. The lowest BCUT2D eigenvalue weighted by Gasteiger charge is -2.26. The van der Waals surface area contributed by atoms with E-state index in [4.69, 9.17) is 4.74 Å². The van der Waals surface area contributed by atoms with Crippen molar-refractivity contribution in [3.8, 4) is 0 Å². The fourth-order valence-electron chi connectivity index (χ4n) is 2.77. The molecule has 0 aromatic heterocycles. The lowest BCUT2D eigenvalue weighted by molar-refractivity contribution is -0.143. The van der Waals surface area contributed by atoms with Crippen LogP contribution in [0.15, 0.2) is 48.5 Å². The van der Waals surface area contributed by atoms with E-state index in [1.807, 2.05) is 13.0 Å². The number of anilines is 1. The predicted molar refractivity (Wildman–Crippen MR) is 84.2 cm³/mol. The molecule has 0 N–H and O–H groups in total. The Morgan fingerprint density at radius 2 is 1.78 bits per heavy atom. The third-order valence-corrected chi connectivity index (χ3v) is 3.87. The average molecular weight is 309 g/mol. The minimum atomic E-state index is -0.985. The molecular formula is C18H15NO4. The Bertz CT molecular complexity index is 798. The Balaban J connectivity index is 2.16. The Labute approximate surface area is 133 Å². The third-order valence-electron chi connectivity index (χ3n) is 3.87. The maximum atomic E-state index is 12.5. The van der Waals surface area contributed by atoms with Crippen molar-refractivity contribution in [3.63, 3.8) is 0 Å². The molecule has 0 aliphatic carbocycles. The van der Waals surface area contributed by atoms with Crippen LogP contribution < -0.4 is 4.90 Å². The molecule has 0 fully saturated rings. The van der Waals surface area contributed by atoms with E-state index in [1.54, 1.807) is 42.5 Å². The van der Waals surface area contributed by atoms with Crippen LogP contribution in [-0.4, -0.2) is 24.8 Å². The summed E-state index contributed by atoms with van der Waals surface area (Å²) in [4.78, 5) is 38.3. The second-order valence-electron chi connectivity index (χ2n) is 5.36.